The zero-order valence-electron chi connectivity index (χ0n) is 11.8. The van der Waals surface area contributed by atoms with E-state index in [2.05, 4.69) is 5.10 Å². The maximum absolute atomic E-state index is 12.5. The number of rotatable bonds is 3. The number of anilines is 2. The number of hydrogen-bond donors (Lipinski definition) is 1. The van der Waals surface area contributed by atoms with Gasteiger partial charge in [-0.1, -0.05) is 6.07 Å². The van der Waals surface area contributed by atoms with E-state index in [1.165, 1.54) is 10.9 Å². The number of hydrogen-bond acceptors (Lipinski definition) is 5. The van der Waals surface area contributed by atoms with Gasteiger partial charge in [0.15, 0.2) is 0 Å². The van der Waals surface area contributed by atoms with Gasteiger partial charge in [0.25, 0.3) is 0 Å². The van der Waals surface area contributed by atoms with Crippen LogP contribution in [0.2, 0.25) is 0 Å². The summed E-state index contributed by atoms with van der Waals surface area (Å²) >= 11 is 0. The van der Waals surface area contributed by atoms with Crippen LogP contribution in [0.25, 0.3) is 0 Å². The van der Waals surface area contributed by atoms with Gasteiger partial charge in [-0.2, -0.15) is 5.10 Å². The Bertz CT molecular complexity index is 740. The summed E-state index contributed by atoms with van der Waals surface area (Å²) in [6, 6.07) is 5.51. The van der Waals surface area contributed by atoms with Crippen LogP contribution in [0.1, 0.15) is 12.0 Å². The Hall–Kier alpha value is -2.90. The van der Waals surface area contributed by atoms with Gasteiger partial charge in [-0.15, -0.1) is 0 Å². The van der Waals surface area contributed by atoms with Crippen LogP contribution in [-0.2, 0) is 17.8 Å². The molecule has 0 fully saturated rings. The molecule has 1 aromatic carbocycles. The summed E-state index contributed by atoms with van der Waals surface area (Å²) in [5, 5.41) is 14.5. The fraction of sp³-hybridized carbons (Fsp3) is 0.286. The van der Waals surface area contributed by atoms with Gasteiger partial charge in [-0.25, -0.2) is 0 Å². The minimum absolute atomic E-state index is 0.0396. The molecule has 0 bridgehead atoms. The molecule has 2 N–H and O–H groups in total. The third kappa shape index (κ3) is 2.50. The van der Waals surface area contributed by atoms with Gasteiger partial charge < -0.3 is 10.6 Å². The number of amides is 1. The molecule has 0 saturated heterocycles. The van der Waals surface area contributed by atoms with Crippen LogP contribution in [0.4, 0.5) is 17.1 Å². The first kappa shape index (κ1) is 14.1. The minimum atomic E-state index is -0.537. The van der Waals surface area contributed by atoms with Crippen molar-refractivity contribution in [2.45, 2.75) is 19.4 Å². The normalized spacial score (nSPS) is 13.7. The van der Waals surface area contributed by atoms with Gasteiger partial charge >= 0.3 is 5.69 Å². The minimum Gasteiger partial charge on any atom is -0.398 e. The van der Waals surface area contributed by atoms with E-state index >= 15 is 0 Å². The van der Waals surface area contributed by atoms with Crippen LogP contribution >= 0.6 is 0 Å². The fourth-order valence-electron chi connectivity index (χ4n) is 2.67. The molecule has 0 saturated carbocycles. The smallest absolute Gasteiger partial charge is 0.307 e. The monoisotopic (exact) mass is 301 g/mol. The van der Waals surface area contributed by atoms with Crippen molar-refractivity contribution in [3.05, 3.63) is 46.3 Å². The van der Waals surface area contributed by atoms with Gasteiger partial charge in [0.2, 0.25) is 5.91 Å². The first-order valence-electron chi connectivity index (χ1n) is 6.91. The molecule has 0 aliphatic carbocycles. The number of carbonyl (C=O) groups excluding carboxylic acids is 1. The Labute approximate surface area is 126 Å². The highest BCUT2D eigenvalue weighted by Gasteiger charge is 2.24. The maximum Gasteiger partial charge on any atom is 0.307 e. The van der Waals surface area contributed by atoms with Crippen LogP contribution < -0.4 is 10.6 Å². The van der Waals surface area contributed by atoms with E-state index in [1.807, 2.05) is 18.2 Å². The molecule has 1 aromatic heterocycles. The van der Waals surface area contributed by atoms with Crippen molar-refractivity contribution in [2.24, 2.45) is 0 Å². The number of benzene rings is 1. The second kappa shape index (κ2) is 5.47. The lowest BCUT2D eigenvalue weighted by molar-refractivity contribution is -0.385. The highest BCUT2D eigenvalue weighted by atomic mass is 16.6. The summed E-state index contributed by atoms with van der Waals surface area (Å²) in [5.74, 6) is -0.162. The van der Waals surface area contributed by atoms with E-state index in [0.717, 1.165) is 30.3 Å². The lowest BCUT2D eigenvalue weighted by atomic mass is 10.00. The third-order valence-electron chi connectivity index (χ3n) is 3.72. The maximum atomic E-state index is 12.5. The highest BCUT2D eigenvalue weighted by molar-refractivity contribution is 5.95. The number of aromatic nitrogens is 2. The number of nitrogens with zero attached hydrogens (tertiary/aromatic N) is 4. The van der Waals surface area contributed by atoms with E-state index in [4.69, 9.17) is 5.73 Å². The van der Waals surface area contributed by atoms with Crippen molar-refractivity contribution in [1.82, 2.24) is 9.78 Å². The standard InChI is InChI=1S/C14H15N5O3/c15-12-4-1-5-13-11(12)3-2-6-18(13)14(20)9-17-8-10(7-16-17)19(21)22/h1,4-5,7-8H,2-3,6,9,15H2. The van der Waals surface area contributed by atoms with Gasteiger partial charge in [0.05, 0.1) is 4.92 Å². The molecule has 0 radical (unpaired) electrons. The Balaban J connectivity index is 1.81. The molecule has 8 nitrogen and oxygen atoms in total. The SMILES string of the molecule is Nc1cccc2c1CCCN2C(=O)Cn1cc([N+](=O)[O-])cn1. The lowest BCUT2D eigenvalue weighted by Crippen LogP contribution is -2.38. The Kier molecular flexibility index (Phi) is 3.50. The molecular weight excluding hydrogens is 286 g/mol. The summed E-state index contributed by atoms with van der Waals surface area (Å²) in [6.07, 6.45) is 4.07. The number of carbonyl (C=O) groups is 1. The fourth-order valence-corrected chi connectivity index (χ4v) is 2.67. The largest absolute Gasteiger partial charge is 0.398 e. The highest BCUT2D eigenvalue weighted by Crippen LogP contribution is 2.31. The van der Waals surface area contributed by atoms with E-state index < -0.39 is 4.92 Å². The Morgan fingerprint density at radius 3 is 3.00 bits per heavy atom. The molecule has 0 atom stereocenters. The molecule has 3 rings (SSSR count). The van der Waals surface area contributed by atoms with Crippen molar-refractivity contribution in [2.75, 3.05) is 17.2 Å². The van der Waals surface area contributed by atoms with Crippen LogP contribution in [0.3, 0.4) is 0 Å². The summed E-state index contributed by atoms with van der Waals surface area (Å²) in [6.45, 7) is 0.570. The van der Waals surface area contributed by atoms with Crippen molar-refractivity contribution < 1.29 is 9.72 Å². The zero-order valence-corrected chi connectivity index (χ0v) is 11.8. The van der Waals surface area contributed by atoms with Crippen molar-refractivity contribution in [1.29, 1.82) is 0 Å². The van der Waals surface area contributed by atoms with Gasteiger partial charge in [0, 0.05) is 17.9 Å². The molecule has 2 heterocycles. The predicted molar refractivity (Wildman–Crippen MR) is 80.4 cm³/mol. The molecule has 1 aliphatic heterocycles. The van der Waals surface area contributed by atoms with Crippen LogP contribution in [0, 0.1) is 10.1 Å². The Morgan fingerprint density at radius 1 is 1.45 bits per heavy atom. The van der Waals surface area contributed by atoms with Crippen molar-refractivity contribution in [3.8, 4) is 0 Å². The van der Waals surface area contributed by atoms with E-state index in [0.29, 0.717) is 12.2 Å². The van der Waals surface area contributed by atoms with Crippen LogP contribution in [-0.4, -0.2) is 27.2 Å². The number of nitrogen functional groups attached to an aromatic ring is 1. The van der Waals surface area contributed by atoms with Crippen LogP contribution in [0.5, 0.6) is 0 Å². The lowest BCUT2D eigenvalue weighted by Gasteiger charge is -2.30. The topological polar surface area (TPSA) is 107 Å². The predicted octanol–water partition coefficient (Wildman–Crippen LogP) is 1.35. The molecule has 0 spiro atoms. The molecule has 1 aliphatic rings. The molecule has 2 aromatic rings. The molecule has 22 heavy (non-hydrogen) atoms. The molecule has 114 valence electrons. The molecule has 8 heteroatoms. The molecule has 1 amide bonds. The zero-order chi connectivity index (χ0) is 15.7. The second-order valence-electron chi connectivity index (χ2n) is 5.15. The van der Waals surface area contributed by atoms with Crippen molar-refractivity contribution >= 4 is 23.0 Å². The van der Waals surface area contributed by atoms with Gasteiger partial charge in [-0.05, 0) is 30.5 Å². The Morgan fingerprint density at radius 2 is 2.27 bits per heavy atom. The van der Waals surface area contributed by atoms with E-state index in [1.54, 1.807) is 4.90 Å². The average Bonchev–Trinajstić information content (AvgIpc) is 2.96. The quantitative estimate of drug-likeness (QED) is 0.523. The van der Waals surface area contributed by atoms with Crippen molar-refractivity contribution in [3.63, 3.8) is 0 Å². The second-order valence-corrected chi connectivity index (χ2v) is 5.15. The summed E-state index contributed by atoms with van der Waals surface area (Å²) < 4.78 is 1.28. The van der Waals surface area contributed by atoms with Crippen LogP contribution in [0.15, 0.2) is 30.6 Å². The number of nitrogens with two attached hydrogens (primary N) is 1. The summed E-state index contributed by atoms with van der Waals surface area (Å²) in [7, 11) is 0. The third-order valence-corrected chi connectivity index (χ3v) is 3.72. The molecular formula is C14H15N5O3. The number of nitro groups is 1. The van der Waals surface area contributed by atoms with Gasteiger partial charge in [0.1, 0.15) is 18.9 Å². The average molecular weight is 301 g/mol. The van der Waals surface area contributed by atoms with E-state index in [-0.39, 0.29) is 18.1 Å². The number of fused-ring (bicyclic) bond motifs is 1. The van der Waals surface area contributed by atoms with E-state index in [9.17, 15) is 14.9 Å². The first-order chi connectivity index (χ1) is 10.6. The summed E-state index contributed by atoms with van der Waals surface area (Å²) in [5.41, 5.74) is 8.32. The summed E-state index contributed by atoms with van der Waals surface area (Å²) in [4.78, 5) is 24.3. The first-order valence-corrected chi connectivity index (χ1v) is 6.91. The van der Waals surface area contributed by atoms with Gasteiger partial charge in [-0.3, -0.25) is 19.6 Å². The molecule has 0 unspecified atom stereocenters.